The van der Waals surface area contributed by atoms with Crippen molar-refractivity contribution in [2.75, 3.05) is 13.1 Å². The van der Waals surface area contributed by atoms with Gasteiger partial charge < -0.3 is 14.7 Å². The molecule has 0 radical (unpaired) electrons. The first-order valence-electron chi connectivity index (χ1n) is 7.37. The zero-order valence-corrected chi connectivity index (χ0v) is 13.5. The molecule has 5 nitrogen and oxygen atoms in total. The molecule has 0 bridgehead atoms. The van der Waals surface area contributed by atoms with Crippen LogP contribution in [0.15, 0.2) is 11.6 Å². The van der Waals surface area contributed by atoms with Gasteiger partial charge in [-0.25, -0.2) is 9.78 Å². The molecule has 2 unspecified atom stereocenters. The average molecular weight is 326 g/mol. The van der Waals surface area contributed by atoms with Crippen LogP contribution in [0.3, 0.4) is 0 Å². The third-order valence-corrected chi connectivity index (χ3v) is 5.22. The van der Waals surface area contributed by atoms with Crippen LogP contribution >= 0.6 is 11.3 Å². The number of aliphatic hydroxyl groups is 1. The van der Waals surface area contributed by atoms with Gasteiger partial charge in [0.25, 0.3) is 0 Å². The number of carbonyl (C=O) groups excluding carboxylic acids is 1. The molecule has 1 aromatic rings. The standard InChI is InChI=1S/C15H22N2O3S.CH4/c1-14(2,3)20-13(18)17-8-10-6-15(19,7-11(10)9-17)12-16-4-5-21-12;/h4-5,10-11,19H,6-9H2,1-3H3;1H4. The molecular weight excluding hydrogens is 300 g/mol. The van der Waals surface area contributed by atoms with Gasteiger partial charge in [0, 0.05) is 24.7 Å². The first-order chi connectivity index (χ1) is 9.77. The van der Waals surface area contributed by atoms with Crippen LogP contribution < -0.4 is 0 Å². The van der Waals surface area contributed by atoms with Crippen molar-refractivity contribution in [3.05, 3.63) is 16.6 Å². The molecule has 22 heavy (non-hydrogen) atoms. The molecular formula is C16H26N2O3S. The Morgan fingerprint density at radius 2 is 2.00 bits per heavy atom. The number of hydrogen-bond donors (Lipinski definition) is 1. The maximum Gasteiger partial charge on any atom is 0.410 e. The maximum absolute atomic E-state index is 12.1. The summed E-state index contributed by atoms with van der Waals surface area (Å²) < 4.78 is 5.43. The van der Waals surface area contributed by atoms with Gasteiger partial charge in [-0.1, -0.05) is 7.43 Å². The zero-order chi connectivity index (χ0) is 15.3. The summed E-state index contributed by atoms with van der Waals surface area (Å²) in [6, 6.07) is 0. The van der Waals surface area contributed by atoms with E-state index in [0.717, 1.165) is 5.01 Å². The van der Waals surface area contributed by atoms with Crippen LogP contribution in [0.5, 0.6) is 0 Å². The van der Waals surface area contributed by atoms with E-state index in [9.17, 15) is 9.90 Å². The SMILES string of the molecule is C.CC(C)(C)OC(=O)N1CC2CC(O)(c3nccs3)CC2C1. The molecule has 1 aliphatic heterocycles. The fourth-order valence-electron chi connectivity index (χ4n) is 3.46. The van der Waals surface area contributed by atoms with Crippen molar-refractivity contribution in [3.8, 4) is 0 Å². The highest BCUT2D eigenvalue weighted by Crippen LogP contribution is 2.49. The number of nitrogens with zero attached hydrogens (tertiary/aromatic N) is 2. The Morgan fingerprint density at radius 3 is 2.45 bits per heavy atom. The second-order valence-corrected chi connectivity index (χ2v) is 8.08. The Labute approximate surface area is 136 Å². The van der Waals surface area contributed by atoms with Crippen LogP contribution in [0.25, 0.3) is 0 Å². The predicted octanol–water partition coefficient (Wildman–Crippen LogP) is 3.24. The molecule has 1 saturated carbocycles. The molecule has 2 atom stereocenters. The van der Waals surface area contributed by atoms with Gasteiger partial charge in [-0.2, -0.15) is 0 Å². The van der Waals surface area contributed by atoms with Crippen molar-refractivity contribution in [2.45, 2.75) is 52.2 Å². The molecule has 2 fully saturated rings. The summed E-state index contributed by atoms with van der Waals surface area (Å²) in [7, 11) is 0. The van der Waals surface area contributed by atoms with E-state index in [2.05, 4.69) is 4.98 Å². The Morgan fingerprint density at radius 1 is 1.41 bits per heavy atom. The number of amides is 1. The summed E-state index contributed by atoms with van der Waals surface area (Å²) in [5, 5.41) is 13.5. The summed E-state index contributed by atoms with van der Waals surface area (Å²) >= 11 is 1.51. The Kier molecular flexibility index (Phi) is 4.55. The lowest BCUT2D eigenvalue weighted by Gasteiger charge is -2.26. The zero-order valence-electron chi connectivity index (χ0n) is 12.7. The van der Waals surface area contributed by atoms with E-state index >= 15 is 0 Å². The third-order valence-electron chi connectivity index (χ3n) is 4.26. The fourth-order valence-corrected chi connectivity index (χ4v) is 4.21. The first-order valence-corrected chi connectivity index (χ1v) is 8.25. The van der Waals surface area contributed by atoms with Crippen LogP contribution in [-0.2, 0) is 10.3 Å². The molecule has 2 heterocycles. The number of hydrogen-bond acceptors (Lipinski definition) is 5. The first kappa shape index (κ1) is 17.2. The van der Waals surface area contributed by atoms with Crippen LogP contribution in [0, 0.1) is 11.8 Å². The topological polar surface area (TPSA) is 62.7 Å². The van der Waals surface area contributed by atoms with Gasteiger partial charge in [0.1, 0.15) is 16.2 Å². The van der Waals surface area contributed by atoms with Crippen molar-refractivity contribution >= 4 is 17.4 Å². The molecule has 124 valence electrons. The van der Waals surface area contributed by atoms with E-state index < -0.39 is 11.2 Å². The normalized spacial score (nSPS) is 30.8. The maximum atomic E-state index is 12.1. The highest BCUT2D eigenvalue weighted by molar-refractivity contribution is 7.09. The molecule has 6 heteroatoms. The Balaban J connectivity index is 0.00000176. The van der Waals surface area contributed by atoms with Crippen molar-refractivity contribution in [1.29, 1.82) is 0 Å². The summed E-state index contributed by atoms with van der Waals surface area (Å²) in [4.78, 5) is 18.2. The van der Waals surface area contributed by atoms with Gasteiger partial charge in [0.05, 0.1) is 0 Å². The van der Waals surface area contributed by atoms with Crippen molar-refractivity contribution in [1.82, 2.24) is 9.88 Å². The molecule has 1 N–H and O–H groups in total. The van der Waals surface area contributed by atoms with E-state index in [1.165, 1.54) is 11.3 Å². The molecule has 0 spiro atoms. The second-order valence-electron chi connectivity index (χ2n) is 7.18. The summed E-state index contributed by atoms with van der Waals surface area (Å²) in [5.74, 6) is 0.679. The van der Waals surface area contributed by atoms with Gasteiger partial charge in [-0.15, -0.1) is 11.3 Å². The number of likely N-dealkylation sites (tertiary alicyclic amines) is 1. The van der Waals surface area contributed by atoms with Gasteiger partial charge >= 0.3 is 6.09 Å². The second kappa shape index (κ2) is 5.81. The predicted molar refractivity (Wildman–Crippen MR) is 86.8 cm³/mol. The summed E-state index contributed by atoms with van der Waals surface area (Å²) in [6.07, 6.45) is 2.86. The molecule has 1 aromatic heterocycles. The minimum absolute atomic E-state index is 0. The smallest absolute Gasteiger partial charge is 0.410 e. The number of rotatable bonds is 1. The third kappa shape index (κ3) is 3.27. The number of carbonyl (C=O) groups is 1. The number of thiazole rings is 1. The minimum Gasteiger partial charge on any atom is -0.444 e. The van der Waals surface area contributed by atoms with E-state index in [4.69, 9.17) is 4.74 Å². The Hall–Kier alpha value is -1.14. The molecule has 3 rings (SSSR count). The van der Waals surface area contributed by atoms with Crippen LogP contribution in [0.1, 0.15) is 46.0 Å². The number of fused-ring (bicyclic) bond motifs is 1. The van der Waals surface area contributed by atoms with E-state index in [0.29, 0.717) is 37.8 Å². The quantitative estimate of drug-likeness (QED) is 0.860. The average Bonchev–Trinajstić information content (AvgIpc) is 2.98. The summed E-state index contributed by atoms with van der Waals surface area (Å²) in [5.41, 5.74) is -1.26. The van der Waals surface area contributed by atoms with Crippen molar-refractivity contribution < 1.29 is 14.6 Å². The molecule has 2 aliphatic rings. The number of ether oxygens (including phenoxy) is 1. The van der Waals surface area contributed by atoms with Gasteiger partial charge in [0.2, 0.25) is 0 Å². The van der Waals surface area contributed by atoms with Gasteiger partial charge in [0.15, 0.2) is 0 Å². The minimum atomic E-state index is -0.802. The largest absolute Gasteiger partial charge is 0.444 e. The highest BCUT2D eigenvalue weighted by Gasteiger charge is 2.51. The summed E-state index contributed by atoms with van der Waals surface area (Å²) in [6.45, 7) is 6.98. The molecule has 1 saturated heterocycles. The lowest BCUT2D eigenvalue weighted by molar-refractivity contribution is 0.0154. The monoisotopic (exact) mass is 326 g/mol. The van der Waals surface area contributed by atoms with Crippen LogP contribution in [0.2, 0.25) is 0 Å². The lowest BCUT2D eigenvalue weighted by atomic mass is 10.0. The van der Waals surface area contributed by atoms with Crippen molar-refractivity contribution in [2.24, 2.45) is 11.8 Å². The molecule has 0 aromatic carbocycles. The highest BCUT2D eigenvalue weighted by atomic mass is 32.1. The van der Waals surface area contributed by atoms with E-state index in [1.807, 2.05) is 26.2 Å². The van der Waals surface area contributed by atoms with Gasteiger partial charge in [-0.05, 0) is 45.4 Å². The molecule has 1 aliphatic carbocycles. The van der Waals surface area contributed by atoms with Gasteiger partial charge in [-0.3, -0.25) is 0 Å². The molecule has 1 amide bonds. The van der Waals surface area contributed by atoms with Crippen molar-refractivity contribution in [3.63, 3.8) is 0 Å². The number of aromatic nitrogens is 1. The van der Waals surface area contributed by atoms with Crippen LogP contribution in [0.4, 0.5) is 4.79 Å². The Bertz CT molecular complexity index is 510. The fraction of sp³-hybridized carbons (Fsp3) is 0.750. The lowest BCUT2D eigenvalue weighted by Crippen LogP contribution is -2.37. The van der Waals surface area contributed by atoms with E-state index in [-0.39, 0.29) is 13.5 Å². The van der Waals surface area contributed by atoms with Crippen LogP contribution in [-0.4, -0.2) is 39.8 Å². The van der Waals surface area contributed by atoms with E-state index in [1.54, 1.807) is 11.1 Å².